The number of nitrogens with zero attached hydrogens (tertiary/aromatic N) is 1. The Hall–Kier alpha value is -1.34. The van der Waals surface area contributed by atoms with Gasteiger partial charge in [0.05, 0.1) is 6.54 Å². The van der Waals surface area contributed by atoms with Gasteiger partial charge in [-0.3, -0.25) is 19.9 Å². The van der Waals surface area contributed by atoms with Gasteiger partial charge in [-0.2, -0.15) is 0 Å². The summed E-state index contributed by atoms with van der Waals surface area (Å²) in [7, 11) is 0. The molecule has 7 heteroatoms. The molecule has 0 unspecified atom stereocenters. The van der Waals surface area contributed by atoms with Crippen molar-refractivity contribution in [2.45, 2.75) is 6.92 Å². The number of aryl methyl sites for hydroxylation is 1. The summed E-state index contributed by atoms with van der Waals surface area (Å²) in [5.74, 6) is -0.556. The first-order valence-electron chi connectivity index (χ1n) is 5.62. The van der Waals surface area contributed by atoms with Gasteiger partial charge in [-0.15, -0.1) is 0 Å². The second kappa shape index (κ2) is 6.21. The number of amidine groups is 1. The van der Waals surface area contributed by atoms with Gasteiger partial charge in [-0.25, -0.2) is 0 Å². The molecule has 1 aromatic rings. The largest absolute Gasteiger partial charge is 0.318 e. The summed E-state index contributed by atoms with van der Waals surface area (Å²) in [4.78, 5) is 27.4. The molecule has 1 aliphatic heterocycles. The van der Waals surface area contributed by atoms with Gasteiger partial charge in [0.25, 0.3) is 0 Å². The number of benzene rings is 1. The first-order valence-corrected chi connectivity index (χ1v) is 7.40. The number of hydrogen-bond donors (Lipinski definition) is 2. The van der Waals surface area contributed by atoms with Crippen molar-refractivity contribution in [1.82, 2.24) is 5.32 Å². The van der Waals surface area contributed by atoms with E-state index in [-0.39, 0.29) is 0 Å². The molecule has 19 heavy (non-hydrogen) atoms. The van der Waals surface area contributed by atoms with E-state index in [1.807, 2.05) is 13.0 Å². The average molecular weight is 342 g/mol. The Morgan fingerprint density at radius 3 is 2.68 bits per heavy atom. The quantitative estimate of drug-likeness (QED) is 0.766. The SMILES string of the molecule is Cc1cc(Br)ccc1NC(=O)C(=O)NC1=NCCS1. The van der Waals surface area contributed by atoms with Crippen LogP contribution in [0.3, 0.4) is 0 Å². The molecule has 2 N–H and O–H groups in total. The number of amides is 2. The van der Waals surface area contributed by atoms with Gasteiger partial charge < -0.3 is 5.32 Å². The predicted molar refractivity (Wildman–Crippen MR) is 80.4 cm³/mol. The highest BCUT2D eigenvalue weighted by molar-refractivity contribution is 9.10. The molecule has 5 nitrogen and oxygen atoms in total. The van der Waals surface area contributed by atoms with E-state index in [9.17, 15) is 9.59 Å². The number of rotatable bonds is 1. The zero-order valence-corrected chi connectivity index (χ0v) is 12.6. The lowest BCUT2D eigenvalue weighted by molar-refractivity contribution is -0.135. The Morgan fingerprint density at radius 1 is 1.32 bits per heavy atom. The number of anilines is 1. The van der Waals surface area contributed by atoms with Gasteiger partial charge in [0.15, 0.2) is 5.17 Å². The van der Waals surface area contributed by atoms with Crippen LogP contribution in [0.5, 0.6) is 0 Å². The molecule has 0 aliphatic carbocycles. The smallest absolute Gasteiger partial charge is 0.315 e. The van der Waals surface area contributed by atoms with Crippen molar-refractivity contribution < 1.29 is 9.59 Å². The molecule has 1 aliphatic rings. The van der Waals surface area contributed by atoms with Gasteiger partial charge >= 0.3 is 11.8 Å². The van der Waals surface area contributed by atoms with Crippen molar-refractivity contribution in [3.8, 4) is 0 Å². The fourth-order valence-electron chi connectivity index (χ4n) is 1.51. The number of aliphatic imine (C=N–C) groups is 1. The van der Waals surface area contributed by atoms with E-state index < -0.39 is 11.8 Å². The van der Waals surface area contributed by atoms with E-state index in [4.69, 9.17) is 0 Å². The van der Waals surface area contributed by atoms with Crippen molar-refractivity contribution in [3.63, 3.8) is 0 Å². The van der Waals surface area contributed by atoms with Crippen LogP contribution in [0.4, 0.5) is 5.69 Å². The third kappa shape index (κ3) is 3.81. The highest BCUT2D eigenvalue weighted by Gasteiger charge is 2.18. The van der Waals surface area contributed by atoms with Gasteiger partial charge in [0.1, 0.15) is 0 Å². The molecule has 100 valence electrons. The van der Waals surface area contributed by atoms with E-state index >= 15 is 0 Å². The maximum atomic E-state index is 11.7. The third-order valence-corrected chi connectivity index (χ3v) is 3.83. The molecule has 0 radical (unpaired) electrons. The summed E-state index contributed by atoms with van der Waals surface area (Å²) in [5.41, 5.74) is 1.49. The van der Waals surface area contributed by atoms with Gasteiger partial charge in [0, 0.05) is 15.9 Å². The van der Waals surface area contributed by atoms with Crippen LogP contribution in [0.15, 0.2) is 27.7 Å². The van der Waals surface area contributed by atoms with Crippen molar-refractivity contribution >= 4 is 50.4 Å². The standard InChI is InChI=1S/C12H12BrN3O2S/c1-7-6-8(13)2-3-9(7)15-10(17)11(18)16-12-14-4-5-19-12/h2-3,6H,4-5H2,1H3,(H,15,17)(H,14,16,18). The van der Waals surface area contributed by atoms with Crippen molar-refractivity contribution in [2.24, 2.45) is 4.99 Å². The summed E-state index contributed by atoms with van der Waals surface area (Å²) in [5, 5.41) is 5.56. The Balaban J connectivity index is 1.98. The van der Waals surface area contributed by atoms with Crippen LogP contribution >= 0.6 is 27.7 Å². The number of nitrogens with one attached hydrogen (secondary N) is 2. The minimum atomic E-state index is -0.699. The van der Waals surface area contributed by atoms with Crippen LogP contribution < -0.4 is 10.6 Å². The van der Waals surface area contributed by atoms with Crippen LogP contribution in [-0.2, 0) is 9.59 Å². The maximum Gasteiger partial charge on any atom is 0.315 e. The fraction of sp³-hybridized carbons (Fsp3) is 0.250. The minimum Gasteiger partial charge on any atom is -0.318 e. The lowest BCUT2D eigenvalue weighted by atomic mass is 10.2. The average Bonchev–Trinajstić information content (AvgIpc) is 2.85. The van der Waals surface area contributed by atoms with Crippen LogP contribution in [0, 0.1) is 6.92 Å². The Morgan fingerprint density at radius 2 is 2.05 bits per heavy atom. The maximum absolute atomic E-state index is 11.7. The normalized spacial score (nSPS) is 13.9. The molecular weight excluding hydrogens is 330 g/mol. The Labute approximate surface area is 123 Å². The Kier molecular flexibility index (Phi) is 4.60. The molecular formula is C12H12BrN3O2S. The zero-order valence-electron chi connectivity index (χ0n) is 10.2. The molecule has 1 aromatic carbocycles. The number of halogens is 1. The number of hydrogen-bond acceptors (Lipinski definition) is 4. The van der Waals surface area contributed by atoms with E-state index in [1.165, 1.54) is 11.8 Å². The summed E-state index contributed by atoms with van der Waals surface area (Å²) < 4.78 is 0.921. The fourth-order valence-corrected chi connectivity index (χ4v) is 2.71. The van der Waals surface area contributed by atoms with Gasteiger partial charge in [-0.05, 0) is 30.7 Å². The lowest BCUT2D eigenvalue weighted by Gasteiger charge is -2.08. The molecule has 0 saturated heterocycles. The van der Waals surface area contributed by atoms with Crippen molar-refractivity contribution in [1.29, 1.82) is 0 Å². The van der Waals surface area contributed by atoms with Crippen molar-refractivity contribution in [3.05, 3.63) is 28.2 Å². The molecule has 0 aromatic heterocycles. The topological polar surface area (TPSA) is 70.6 Å². The van der Waals surface area contributed by atoms with E-state index in [2.05, 4.69) is 31.6 Å². The third-order valence-electron chi connectivity index (χ3n) is 2.45. The van der Waals surface area contributed by atoms with Crippen LogP contribution in [-0.4, -0.2) is 29.3 Å². The van der Waals surface area contributed by atoms with Gasteiger partial charge in [-0.1, -0.05) is 27.7 Å². The van der Waals surface area contributed by atoms with E-state index in [0.29, 0.717) is 17.4 Å². The second-order valence-corrected chi connectivity index (χ2v) is 5.90. The second-order valence-electron chi connectivity index (χ2n) is 3.90. The van der Waals surface area contributed by atoms with Crippen LogP contribution in [0.2, 0.25) is 0 Å². The van der Waals surface area contributed by atoms with Gasteiger partial charge in [0.2, 0.25) is 0 Å². The molecule has 2 rings (SSSR count). The molecule has 0 atom stereocenters. The molecule has 0 spiro atoms. The van der Waals surface area contributed by atoms with E-state index in [1.54, 1.807) is 12.1 Å². The monoisotopic (exact) mass is 341 g/mol. The highest BCUT2D eigenvalue weighted by Crippen LogP contribution is 2.19. The summed E-state index contributed by atoms with van der Waals surface area (Å²) >= 11 is 4.77. The first kappa shape index (κ1) is 14.1. The minimum absolute atomic E-state index is 0.507. The lowest BCUT2D eigenvalue weighted by Crippen LogP contribution is -2.37. The summed E-state index contributed by atoms with van der Waals surface area (Å²) in [6.45, 7) is 2.53. The number of thioether (sulfide) groups is 1. The molecule has 0 saturated carbocycles. The van der Waals surface area contributed by atoms with Crippen LogP contribution in [0.25, 0.3) is 0 Å². The molecule has 0 bridgehead atoms. The predicted octanol–water partition coefficient (Wildman–Crippen LogP) is 1.92. The summed E-state index contributed by atoms with van der Waals surface area (Å²) in [6, 6.07) is 5.41. The highest BCUT2D eigenvalue weighted by atomic mass is 79.9. The molecule has 2 amide bonds. The summed E-state index contributed by atoms with van der Waals surface area (Å²) in [6.07, 6.45) is 0. The van der Waals surface area contributed by atoms with E-state index in [0.717, 1.165) is 15.8 Å². The zero-order chi connectivity index (χ0) is 13.8. The molecule has 1 heterocycles. The van der Waals surface area contributed by atoms with Crippen LogP contribution in [0.1, 0.15) is 5.56 Å². The number of carbonyl (C=O) groups excluding carboxylic acids is 2. The Bertz CT molecular complexity index is 560. The first-order chi connectivity index (χ1) is 9.06. The number of carbonyl (C=O) groups is 2. The molecule has 0 fully saturated rings. The van der Waals surface area contributed by atoms with Crippen molar-refractivity contribution in [2.75, 3.05) is 17.6 Å².